The molecule has 2 aromatic rings. The van der Waals surface area contributed by atoms with Crippen LogP contribution in [-0.2, 0) is 0 Å². The molecule has 1 aliphatic heterocycles. The van der Waals surface area contributed by atoms with E-state index in [0.717, 1.165) is 16.9 Å². The summed E-state index contributed by atoms with van der Waals surface area (Å²) < 4.78 is 14.7. The summed E-state index contributed by atoms with van der Waals surface area (Å²) in [6.07, 6.45) is 0.732. The summed E-state index contributed by atoms with van der Waals surface area (Å²) in [5, 5.41) is 12.5. The first-order valence-corrected chi connectivity index (χ1v) is 10.9. The van der Waals surface area contributed by atoms with Gasteiger partial charge in [0.15, 0.2) is 0 Å². The lowest BCUT2D eigenvalue weighted by Crippen LogP contribution is -2.55. The molecule has 1 atom stereocenters. The number of carbonyl (C=O) groups is 2. The van der Waals surface area contributed by atoms with Crippen LogP contribution in [-0.4, -0.2) is 57.6 Å². The van der Waals surface area contributed by atoms with E-state index in [2.05, 4.69) is 26.2 Å². The van der Waals surface area contributed by atoms with Gasteiger partial charge in [0.2, 0.25) is 0 Å². The maximum absolute atomic E-state index is 14.4. The molecule has 166 valence electrons. The molecule has 0 bridgehead atoms. The molecule has 0 aliphatic carbocycles. The predicted molar refractivity (Wildman–Crippen MR) is 121 cm³/mol. The summed E-state index contributed by atoms with van der Waals surface area (Å²) in [4.78, 5) is 32.0. The molecular weight excluding hydrogens is 467 g/mol. The van der Waals surface area contributed by atoms with Crippen molar-refractivity contribution < 1.29 is 19.1 Å². The number of nitrogens with one attached hydrogen (secondary N) is 1. The Morgan fingerprint density at radius 3 is 2.65 bits per heavy atom. The predicted octanol–water partition coefficient (Wildman–Crippen LogP) is 4.98. The summed E-state index contributed by atoms with van der Waals surface area (Å²) in [5.74, 6) is -0.744. The van der Waals surface area contributed by atoms with Crippen molar-refractivity contribution in [3.8, 4) is 0 Å². The first kappa shape index (κ1) is 23.0. The summed E-state index contributed by atoms with van der Waals surface area (Å²) in [6, 6.07) is 4.31. The fraction of sp³-hybridized carbons (Fsp3) is 0.409. The molecule has 1 aromatic carbocycles. The van der Waals surface area contributed by atoms with Gasteiger partial charge in [-0.1, -0.05) is 13.8 Å². The molecule has 7 nitrogen and oxygen atoms in total. The van der Waals surface area contributed by atoms with Gasteiger partial charge in [0, 0.05) is 31.9 Å². The van der Waals surface area contributed by atoms with Crippen molar-refractivity contribution in [3.63, 3.8) is 0 Å². The number of nitrogens with zero attached hydrogens (tertiary/aromatic N) is 3. The Morgan fingerprint density at radius 1 is 1.32 bits per heavy atom. The number of halogens is 2. The van der Waals surface area contributed by atoms with Crippen molar-refractivity contribution in [1.82, 2.24) is 14.8 Å². The highest BCUT2D eigenvalue weighted by molar-refractivity contribution is 9.10. The van der Waals surface area contributed by atoms with Crippen LogP contribution in [0.2, 0.25) is 0 Å². The van der Waals surface area contributed by atoms with E-state index in [-0.39, 0.29) is 47.5 Å². The van der Waals surface area contributed by atoms with Gasteiger partial charge < -0.3 is 20.2 Å². The van der Waals surface area contributed by atoms with E-state index in [1.807, 2.05) is 26.8 Å². The smallest absolute Gasteiger partial charge is 0.407 e. The molecule has 2 heterocycles. The molecule has 1 aromatic heterocycles. The molecule has 2 N–H and O–H groups in total. The van der Waals surface area contributed by atoms with Crippen molar-refractivity contribution in [2.24, 2.45) is 0 Å². The Hall–Kier alpha value is -2.68. The van der Waals surface area contributed by atoms with Crippen molar-refractivity contribution in [2.75, 3.05) is 25.0 Å². The number of benzene rings is 1. The summed E-state index contributed by atoms with van der Waals surface area (Å²) in [6.45, 7) is 8.47. The van der Waals surface area contributed by atoms with Crippen molar-refractivity contribution >= 4 is 39.3 Å². The number of pyridine rings is 1. The molecule has 2 amide bonds. The van der Waals surface area contributed by atoms with Gasteiger partial charge in [-0.15, -0.1) is 0 Å². The molecule has 1 fully saturated rings. The monoisotopic (exact) mass is 492 g/mol. The lowest BCUT2D eigenvalue weighted by atomic mass is 10.0. The number of aromatic nitrogens is 1. The van der Waals surface area contributed by atoms with E-state index in [0.29, 0.717) is 5.69 Å². The van der Waals surface area contributed by atoms with E-state index in [9.17, 15) is 19.1 Å². The van der Waals surface area contributed by atoms with Gasteiger partial charge in [0.1, 0.15) is 5.82 Å². The van der Waals surface area contributed by atoms with Crippen LogP contribution in [0.15, 0.2) is 28.9 Å². The van der Waals surface area contributed by atoms with E-state index in [4.69, 9.17) is 0 Å². The zero-order valence-electron chi connectivity index (χ0n) is 17.9. The Labute approximate surface area is 189 Å². The van der Waals surface area contributed by atoms with Gasteiger partial charge in [-0.25, -0.2) is 9.18 Å². The van der Waals surface area contributed by atoms with Crippen LogP contribution in [0.3, 0.4) is 0 Å². The first-order chi connectivity index (χ1) is 14.6. The van der Waals surface area contributed by atoms with E-state index >= 15 is 0 Å². The molecular formula is C22H26BrFN4O3. The molecule has 1 aliphatic rings. The average molecular weight is 493 g/mol. The second kappa shape index (κ2) is 9.21. The maximum Gasteiger partial charge on any atom is 0.407 e. The number of carboxylic acid groups (broad SMARTS) is 1. The van der Waals surface area contributed by atoms with Crippen molar-refractivity contribution in [1.29, 1.82) is 0 Å². The third kappa shape index (κ3) is 4.81. The largest absolute Gasteiger partial charge is 0.465 e. The summed E-state index contributed by atoms with van der Waals surface area (Å²) >= 11 is 3.21. The van der Waals surface area contributed by atoms with E-state index < -0.39 is 11.9 Å². The second-order valence-corrected chi connectivity index (χ2v) is 8.91. The summed E-state index contributed by atoms with van der Waals surface area (Å²) in [5.41, 5.74) is 3.25. The molecule has 0 unspecified atom stereocenters. The Kier molecular flexibility index (Phi) is 6.83. The van der Waals surface area contributed by atoms with E-state index in [1.54, 1.807) is 24.1 Å². The van der Waals surface area contributed by atoms with Crippen molar-refractivity contribution in [3.05, 3.63) is 51.5 Å². The van der Waals surface area contributed by atoms with Gasteiger partial charge >= 0.3 is 6.09 Å². The minimum absolute atomic E-state index is 0.148. The third-order valence-electron chi connectivity index (χ3n) is 5.44. The molecule has 1 saturated heterocycles. The van der Waals surface area contributed by atoms with Gasteiger partial charge in [-0.05, 0) is 59.5 Å². The number of carbonyl (C=O) groups excluding carboxylic acids is 1. The highest BCUT2D eigenvalue weighted by atomic mass is 79.9. The second-order valence-electron chi connectivity index (χ2n) is 8.06. The fourth-order valence-corrected chi connectivity index (χ4v) is 4.07. The van der Waals surface area contributed by atoms with Gasteiger partial charge in [0.05, 0.1) is 27.1 Å². The molecule has 31 heavy (non-hydrogen) atoms. The topological polar surface area (TPSA) is 85.8 Å². The van der Waals surface area contributed by atoms with Crippen LogP contribution >= 0.6 is 15.9 Å². The highest BCUT2D eigenvalue weighted by Crippen LogP contribution is 2.33. The standard InChI is InChI=1S/C22H26BrFN4O3/c1-12(2)19-20(13(3)5-6-25-19)26-18-10-16(23)17(24)9-15(18)21(29)28-8-7-27(22(30)31)11-14(28)4/h5-6,9-10,12,14,26H,7-8,11H2,1-4H3,(H,30,31)/t14-/m0/s1. The van der Waals surface area contributed by atoms with Gasteiger partial charge in [-0.3, -0.25) is 9.78 Å². The maximum atomic E-state index is 14.4. The van der Waals surface area contributed by atoms with Crippen LogP contribution in [0.4, 0.5) is 20.6 Å². The summed E-state index contributed by atoms with van der Waals surface area (Å²) in [7, 11) is 0. The molecule has 0 spiro atoms. The fourth-order valence-electron chi connectivity index (χ4n) is 3.73. The molecule has 3 rings (SSSR count). The number of anilines is 2. The SMILES string of the molecule is Cc1ccnc(C(C)C)c1Nc1cc(Br)c(F)cc1C(=O)N1CCN(C(=O)O)C[C@@H]1C. The number of hydrogen-bond acceptors (Lipinski definition) is 4. The number of rotatable bonds is 4. The zero-order chi connectivity index (χ0) is 22.9. The number of aryl methyl sites for hydroxylation is 1. The number of piperazine rings is 1. The van der Waals surface area contributed by atoms with Crippen LogP contribution in [0.1, 0.15) is 48.3 Å². The Balaban J connectivity index is 1.99. The van der Waals surface area contributed by atoms with Crippen LogP contribution < -0.4 is 5.32 Å². The Morgan fingerprint density at radius 2 is 2.03 bits per heavy atom. The van der Waals surface area contributed by atoms with E-state index in [1.165, 1.54) is 11.0 Å². The molecule has 0 saturated carbocycles. The van der Waals surface area contributed by atoms with Gasteiger partial charge in [-0.2, -0.15) is 0 Å². The zero-order valence-corrected chi connectivity index (χ0v) is 19.5. The minimum atomic E-state index is -1.01. The normalized spacial score (nSPS) is 16.5. The van der Waals surface area contributed by atoms with Crippen LogP contribution in [0.5, 0.6) is 0 Å². The van der Waals surface area contributed by atoms with Crippen LogP contribution in [0.25, 0.3) is 0 Å². The third-order valence-corrected chi connectivity index (χ3v) is 6.05. The van der Waals surface area contributed by atoms with Gasteiger partial charge in [0.25, 0.3) is 5.91 Å². The van der Waals surface area contributed by atoms with Crippen LogP contribution in [0, 0.1) is 12.7 Å². The molecule has 9 heteroatoms. The lowest BCUT2D eigenvalue weighted by molar-refractivity contribution is 0.0484. The highest BCUT2D eigenvalue weighted by Gasteiger charge is 2.32. The quantitative estimate of drug-likeness (QED) is 0.628. The Bertz CT molecular complexity index is 1010. The minimum Gasteiger partial charge on any atom is -0.465 e. The molecule has 0 radical (unpaired) electrons. The average Bonchev–Trinajstić information content (AvgIpc) is 2.71. The number of hydrogen-bond donors (Lipinski definition) is 2. The first-order valence-electron chi connectivity index (χ1n) is 10.1. The lowest BCUT2D eigenvalue weighted by Gasteiger charge is -2.39. The van der Waals surface area contributed by atoms with Crippen molar-refractivity contribution in [2.45, 2.75) is 39.7 Å². The number of amides is 2.